The van der Waals surface area contributed by atoms with Crippen molar-refractivity contribution in [1.29, 1.82) is 0 Å². The number of methoxy groups -OCH3 is 2. The summed E-state index contributed by atoms with van der Waals surface area (Å²) in [6.45, 7) is 0. The Balaban J connectivity index is 1.02. The maximum absolute atomic E-state index is 12.9. The number of para-hydroxylation sites is 2. The lowest BCUT2D eigenvalue weighted by atomic mass is 10.1. The average molecular weight is 713 g/mol. The number of ether oxygens (including phenoxy) is 2. The Hall–Kier alpha value is -5.60. The Bertz CT molecular complexity index is 2190. The van der Waals surface area contributed by atoms with Crippen LogP contribution in [0.2, 0.25) is 0 Å². The second-order valence-electron chi connectivity index (χ2n) is 11.4. The van der Waals surface area contributed by atoms with Gasteiger partial charge in [0.2, 0.25) is 20.0 Å². The van der Waals surface area contributed by atoms with Gasteiger partial charge in [-0.3, -0.25) is 19.4 Å². The molecular weight excluding hydrogens is 677 g/mol. The van der Waals surface area contributed by atoms with E-state index in [1.165, 1.54) is 14.2 Å². The van der Waals surface area contributed by atoms with E-state index in [2.05, 4.69) is 30.0 Å². The molecule has 258 valence electrons. The monoisotopic (exact) mass is 712 g/mol. The van der Waals surface area contributed by atoms with Crippen LogP contribution < -0.4 is 29.6 Å². The number of pyridine rings is 2. The standard InChI is InChI=1S/C36H36N6O6S2/c1-47-35-23-25(13-15-33(35)39-31-17-19-37-29-11-5-3-9-27(29)31)41-49(43,44)21-7-8-22-50(45,46)42-26-14-16-34(36(24-26)48-2)40-32-18-20-38-30-12-6-4-10-28(30)32/h3-6,9-20,23-24,41-42H,7-8,21-22H2,1-2H3,(H,37,39)(H,38,40). The van der Waals surface area contributed by atoms with Gasteiger partial charge < -0.3 is 20.1 Å². The van der Waals surface area contributed by atoms with Gasteiger partial charge in [0.05, 0.1) is 59.5 Å². The zero-order chi connectivity index (χ0) is 35.1. The number of sulfonamides is 2. The summed E-state index contributed by atoms with van der Waals surface area (Å²) in [7, 11) is -4.53. The van der Waals surface area contributed by atoms with Crippen LogP contribution in [0.3, 0.4) is 0 Å². The minimum Gasteiger partial charge on any atom is -0.494 e. The Labute approximate surface area is 291 Å². The lowest BCUT2D eigenvalue weighted by Crippen LogP contribution is -2.20. The van der Waals surface area contributed by atoms with E-state index in [9.17, 15) is 16.8 Å². The minimum atomic E-state index is -3.77. The number of anilines is 6. The predicted octanol–water partition coefficient (Wildman–Crippen LogP) is 7.25. The van der Waals surface area contributed by atoms with Gasteiger partial charge in [0.1, 0.15) is 11.5 Å². The summed E-state index contributed by atoms with van der Waals surface area (Å²) in [5.74, 6) is 0.362. The first-order valence-electron chi connectivity index (χ1n) is 15.7. The van der Waals surface area contributed by atoms with Gasteiger partial charge in [0.15, 0.2) is 0 Å². The predicted molar refractivity (Wildman–Crippen MR) is 200 cm³/mol. The van der Waals surface area contributed by atoms with Crippen molar-refractivity contribution in [2.75, 3.05) is 45.8 Å². The molecule has 0 aliphatic heterocycles. The third-order valence-corrected chi connectivity index (χ3v) is 10.6. The summed E-state index contributed by atoms with van der Waals surface area (Å²) < 4.78 is 67.7. The molecule has 0 saturated heterocycles. The van der Waals surface area contributed by atoms with Crippen molar-refractivity contribution in [3.63, 3.8) is 0 Å². The van der Waals surface area contributed by atoms with Crippen molar-refractivity contribution in [1.82, 2.24) is 9.97 Å². The summed E-state index contributed by atoms with van der Waals surface area (Å²) in [6.07, 6.45) is 3.68. The van der Waals surface area contributed by atoms with Crippen LogP contribution in [0.25, 0.3) is 21.8 Å². The molecule has 4 aromatic carbocycles. The highest BCUT2D eigenvalue weighted by Gasteiger charge is 2.17. The molecule has 0 amide bonds. The topological polar surface area (TPSA) is 161 Å². The second kappa shape index (κ2) is 14.9. The normalized spacial score (nSPS) is 11.6. The quantitative estimate of drug-likeness (QED) is 0.0799. The summed E-state index contributed by atoms with van der Waals surface area (Å²) in [5.41, 5.74) is 5.27. The highest BCUT2D eigenvalue weighted by atomic mass is 32.2. The highest BCUT2D eigenvalue weighted by Crippen LogP contribution is 2.35. The summed E-state index contributed by atoms with van der Waals surface area (Å²) in [4.78, 5) is 8.76. The lowest BCUT2D eigenvalue weighted by molar-refractivity contribution is 0.417. The molecule has 0 saturated carbocycles. The van der Waals surface area contributed by atoms with Crippen molar-refractivity contribution < 1.29 is 26.3 Å². The van der Waals surface area contributed by atoms with E-state index in [0.717, 1.165) is 33.2 Å². The van der Waals surface area contributed by atoms with Gasteiger partial charge in [-0.1, -0.05) is 36.4 Å². The van der Waals surface area contributed by atoms with E-state index >= 15 is 0 Å². The number of aromatic nitrogens is 2. The molecule has 0 atom stereocenters. The van der Waals surface area contributed by atoms with Crippen molar-refractivity contribution in [2.24, 2.45) is 0 Å². The highest BCUT2D eigenvalue weighted by molar-refractivity contribution is 7.93. The SMILES string of the molecule is COc1cc(NS(=O)(=O)CCCCS(=O)(=O)Nc2ccc(Nc3ccnc4ccccc34)c(OC)c2)ccc1Nc1ccnc2ccccc12. The molecule has 12 nitrogen and oxygen atoms in total. The molecule has 4 N–H and O–H groups in total. The molecule has 2 aromatic heterocycles. The van der Waals surface area contributed by atoms with Crippen LogP contribution >= 0.6 is 0 Å². The Kier molecular flexibility index (Phi) is 10.2. The smallest absolute Gasteiger partial charge is 0.232 e. The molecule has 0 bridgehead atoms. The van der Waals surface area contributed by atoms with Crippen LogP contribution in [0.15, 0.2) is 109 Å². The number of rotatable bonds is 15. The van der Waals surface area contributed by atoms with Crippen molar-refractivity contribution in [2.45, 2.75) is 12.8 Å². The van der Waals surface area contributed by atoms with Crippen LogP contribution in [0.5, 0.6) is 11.5 Å². The molecule has 0 aliphatic rings. The largest absolute Gasteiger partial charge is 0.494 e. The number of hydrogen-bond donors (Lipinski definition) is 4. The first kappa shape index (κ1) is 34.3. The average Bonchev–Trinajstić information content (AvgIpc) is 3.11. The van der Waals surface area contributed by atoms with Gasteiger partial charge in [-0.25, -0.2) is 16.8 Å². The number of nitrogens with one attached hydrogen (secondary N) is 4. The second-order valence-corrected chi connectivity index (χ2v) is 15.1. The van der Waals surface area contributed by atoms with Gasteiger partial charge in [0, 0.05) is 46.7 Å². The van der Waals surface area contributed by atoms with Crippen molar-refractivity contribution in [3.8, 4) is 11.5 Å². The fraction of sp³-hybridized carbons (Fsp3) is 0.167. The third kappa shape index (κ3) is 8.33. The first-order chi connectivity index (χ1) is 24.1. The lowest BCUT2D eigenvalue weighted by Gasteiger charge is -2.15. The number of nitrogens with zero attached hydrogens (tertiary/aromatic N) is 2. The summed E-state index contributed by atoms with van der Waals surface area (Å²) in [5, 5.41) is 8.54. The molecule has 0 aliphatic carbocycles. The van der Waals surface area contributed by atoms with Gasteiger partial charge in [-0.05, 0) is 61.4 Å². The fourth-order valence-electron chi connectivity index (χ4n) is 5.46. The summed E-state index contributed by atoms with van der Waals surface area (Å²) >= 11 is 0. The number of fused-ring (bicyclic) bond motifs is 2. The van der Waals surface area contributed by atoms with Gasteiger partial charge in [0.25, 0.3) is 0 Å². The van der Waals surface area contributed by atoms with E-state index in [-0.39, 0.29) is 24.3 Å². The fourth-order valence-corrected chi connectivity index (χ4v) is 7.81. The molecule has 0 radical (unpaired) electrons. The Morgan fingerprint density at radius 2 is 0.960 bits per heavy atom. The van der Waals surface area contributed by atoms with Crippen LogP contribution in [0.4, 0.5) is 34.1 Å². The van der Waals surface area contributed by atoms with Crippen LogP contribution in [0.1, 0.15) is 12.8 Å². The van der Waals surface area contributed by atoms with Crippen LogP contribution in [-0.4, -0.2) is 52.5 Å². The Morgan fingerprint density at radius 1 is 0.540 bits per heavy atom. The molecule has 0 spiro atoms. The maximum Gasteiger partial charge on any atom is 0.232 e. The first-order valence-corrected chi connectivity index (χ1v) is 19.0. The Morgan fingerprint density at radius 3 is 1.38 bits per heavy atom. The molecule has 2 heterocycles. The van der Waals surface area contributed by atoms with E-state index < -0.39 is 20.0 Å². The zero-order valence-electron chi connectivity index (χ0n) is 27.4. The third-order valence-electron chi connectivity index (χ3n) is 7.86. The van der Waals surface area contributed by atoms with Gasteiger partial charge in [-0.2, -0.15) is 0 Å². The van der Waals surface area contributed by atoms with Crippen LogP contribution in [-0.2, 0) is 20.0 Å². The maximum atomic E-state index is 12.9. The van der Waals surface area contributed by atoms with E-state index in [1.807, 2.05) is 60.7 Å². The minimum absolute atomic E-state index is 0.133. The molecule has 50 heavy (non-hydrogen) atoms. The van der Waals surface area contributed by atoms with Gasteiger partial charge in [-0.15, -0.1) is 0 Å². The number of benzene rings is 4. The zero-order valence-corrected chi connectivity index (χ0v) is 29.0. The van der Waals surface area contributed by atoms with Crippen molar-refractivity contribution >= 4 is 76.0 Å². The summed E-state index contributed by atoms with van der Waals surface area (Å²) in [6, 6.07) is 29.0. The number of hydrogen-bond acceptors (Lipinski definition) is 10. The van der Waals surface area contributed by atoms with Crippen molar-refractivity contribution in [3.05, 3.63) is 109 Å². The van der Waals surface area contributed by atoms with Gasteiger partial charge >= 0.3 is 0 Å². The molecular formula is C36H36N6O6S2. The van der Waals surface area contributed by atoms with E-state index in [1.54, 1.807) is 48.8 Å². The van der Waals surface area contributed by atoms with E-state index in [4.69, 9.17) is 9.47 Å². The molecule has 14 heteroatoms. The van der Waals surface area contributed by atoms with E-state index in [0.29, 0.717) is 34.2 Å². The van der Waals surface area contributed by atoms with Crippen LogP contribution in [0, 0.1) is 0 Å². The molecule has 6 aromatic rings. The number of unbranched alkanes of at least 4 members (excludes halogenated alkanes) is 1. The molecule has 0 unspecified atom stereocenters. The molecule has 6 rings (SSSR count). The molecule has 0 fully saturated rings.